The monoisotopic (exact) mass is 226 g/mol. The Morgan fingerprint density at radius 1 is 1.41 bits per heavy atom. The lowest BCUT2D eigenvalue weighted by Crippen LogP contribution is -1.87. The number of nitrogens with one attached hydrogen (secondary N) is 1. The molecule has 86 valence electrons. The molecule has 0 fully saturated rings. The van der Waals surface area contributed by atoms with Crippen LogP contribution in [0, 0.1) is 0 Å². The second kappa shape index (κ2) is 3.66. The Hall–Kier alpha value is -2.23. The van der Waals surface area contributed by atoms with E-state index in [2.05, 4.69) is 33.8 Å². The molecule has 0 saturated heterocycles. The van der Waals surface area contributed by atoms with E-state index in [9.17, 15) is 0 Å². The number of aromatic amines is 1. The standard InChI is InChI=1S/C13H14N4/c1-17-7-9(4-11-6-15-8-16-11)12-5-10(14)2-3-13(12)17/h2-3,5-8H,4,14H2,1H3,(H,15,16). The Morgan fingerprint density at radius 2 is 2.29 bits per heavy atom. The van der Waals surface area contributed by atoms with Gasteiger partial charge >= 0.3 is 0 Å². The number of nitrogens with zero attached hydrogens (tertiary/aromatic N) is 2. The normalized spacial score (nSPS) is 11.1. The van der Waals surface area contributed by atoms with E-state index in [0.717, 1.165) is 17.8 Å². The van der Waals surface area contributed by atoms with Crippen molar-refractivity contribution in [3.8, 4) is 0 Å². The first-order valence-electron chi connectivity index (χ1n) is 5.55. The summed E-state index contributed by atoms with van der Waals surface area (Å²) in [4.78, 5) is 7.16. The SMILES string of the molecule is Cn1cc(Cc2cnc[nH]2)c2cc(N)ccc21. The Labute approximate surface area is 99.1 Å². The summed E-state index contributed by atoms with van der Waals surface area (Å²) >= 11 is 0. The van der Waals surface area contributed by atoms with Gasteiger partial charge in [0.05, 0.1) is 6.33 Å². The van der Waals surface area contributed by atoms with Crippen molar-refractivity contribution in [3.05, 3.63) is 48.2 Å². The molecule has 3 N–H and O–H groups in total. The zero-order valence-corrected chi connectivity index (χ0v) is 9.64. The van der Waals surface area contributed by atoms with Crippen LogP contribution in [0.4, 0.5) is 5.69 Å². The van der Waals surface area contributed by atoms with Gasteiger partial charge in [-0.25, -0.2) is 4.98 Å². The highest BCUT2D eigenvalue weighted by Gasteiger charge is 2.08. The number of aryl methyl sites for hydroxylation is 1. The van der Waals surface area contributed by atoms with Gasteiger partial charge in [0.25, 0.3) is 0 Å². The van der Waals surface area contributed by atoms with Crippen molar-refractivity contribution in [1.82, 2.24) is 14.5 Å². The summed E-state index contributed by atoms with van der Waals surface area (Å²) in [6.45, 7) is 0. The quantitative estimate of drug-likeness (QED) is 0.657. The van der Waals surface area contributed by atoms with Crippen molar-refractivity contribution in [2.75, 3.05) is 5.73 Å². The fourth-order valence-corrected chi connectivity index (χ4v) is 2.22. The van der Waals surface area contributed by atoms with Gasteiger partial charge in [-0.1, -0.05) is 0 Å². The third kappa shape index (κ3) is 1.67. The zero-order chi connectivity index (χ0) is 11.8. The molecule has 3 aromatic rings. The van der Waals surface area contributed by atoms with Gasteiger partial charge in [-0.3, -0.25) is 0 Å². The molecule has 4 nitrogen and oxygen atoms in total. The highest BCUT2D eigenvalue weighted by Crippen LogP contribution is 2.24. The highest BCUT2D eigenvalue weighted by atomic mass is 14.9. The van der Waals surface area contributed by atoms with Crippen LogP contribution in [0.15, 0.2) is 36.9 Å². The minimum Gasteiger partial charge on any atom is -0.399 e. The third-order valence-corrected chi connectivity index (χ3v) is 3.03. The lowest BCUT2D eigenvalue weighted by molar-refractivity contribution is 0.955. The van der Waals surface area contributed by atoms with Gasteiger partial charge in [-0.2, -0.15) is 0 Å². The van der Waals surface area contributed by atoms with Gasteiger partial charge in [0.1, 0.15) is 0 Å². The first kappa shape index (κ1) is 9.96. The molecule has 0 atom stereocenters. The summed E-state index contributed by atoms with van der Waals surface area (Å²) in [5, 5.41) is 1.21. The minimum atomic E-state index is 0.801. The van der Waals surface area contributed by atoms with Gasteiger partial charge in [-0.05, 0) is 23.8 Å². The molecule has 4 heteroatoms. The summed E-state index contributed by atoms with van der Waals surface area (Å²) in [5.74, 6) is 0. The average Bonchev–Trinajstić information content (AvgIpc) is 2.89. The number of benzene rings is 1. The molecule has 1 aromatic carbocycles. The van der Waals surface area contributed by atoms with Crippen LogP contribution in [-0.4, -0.2) is 14.5 Å². The zero-order valence-electron chi connectivity index (χ0n) is 9.64. The average molecular weight is 226 g/mol. The Bertz CT molecular complexity index is 649. The Kier molecular flexibility index (Phi) is 2.14. The number of hydrogen-bond donors (Lipinski definition) is 2. The fourth-order valence-electron chi connectivity index (χ4n) is 2.22. The predicted octanol–water partition coefficient (Wildman–Crippen LogP) is 2.07. The number of imidazole rings is 1. The molecule has 0 radical (unpaired) electrons. The smallest absolute Gasteiger partial charge is 0.0921 e. The molecule has 0 unspecified atom stereocenters. The second-order valence-corrected chi connectivity index (χ2v) is 4.30. The summed E-state index contributed by atoms with van der Waals surface area (Å²) in [5.41, 5.74) is 10.2. The van der Waals surface area contributed by atoms with E-state index >= 15 is 0 Å². The third-order valence-electron chi connectivity index (χ3n) is 3.03. The molecule has 0 amide bonds. The number of nitrogens with two attached hydrogens (primary N) is 1. The Morgan fingerprint density at radius 3 is 3.06 bits per heavy atom. The lowest BCUT2D eigenvalue weighted by atomic mass is 10.1. The number of fused-ring (bicyclic) bond motifs is 1. The number of H-pyrrole nitrogens is 1. The van der Waals surface area contributed by atoms with Crippen molar-refractivity contribution < 1.29 is 0 Å². The van der Waals surface area contributed by atoms with Crippen molar-refractivity contribution in [2.45, 2.75) is 6.42 Å². The van der Waals surface area contributed by atoms with Gasteiger partial charge in [0.2, 0.25) is 0 Å². The number of aromatic nitrogens is 3. The van der Waals surface area contributed by atoms with Crippen LogP contribution in [0.3, 0.4) is 0 Å². The van der Waals surface area contributed by atoms with E-state index in [0.29, 0.717) is 0 Å². The van der Waals surface area contributed by atoms with Crippen LogP contribution in [0.1, 0.15) is 11.3 Å². The molecule has 0 aliphatic rings. The second-order valence-electron chi connectivity index (χ2n) is 4.30. The van der Waals surface area contributed by atoms with Crippen molar-refractivity contribution >= 4 is 16.6 Å². The van der Waals surface area contributed by atoms with Gasteiger partial charge in [-0.15, -0.1) is 0 Å². The molecule has 0 bridgehead atoms. The maximum atomic E-state index is 5.85. The maximum Gasteiger partial charge on any atom is 0.0921 e. The van der Waals surface area contributed by atoms with Crippen molar-refractivity contribution in [1.29, 1.82) is 0 Å². The van der Waals surface area contributed by atoms with Crippen LogP contribution in [0.5, 0.6) is 0 Å². The van der Waals surface area contributed by atoms with Crippen LogP contribution in [0.2, 0.25) is 0 Å². The summed E-state index contributed by atoms with van der Waals surface area (Å²) in [6.07, 6.45) is 6.55. The van der Waals surface area contributed by atoms with E-state index in [-0.39, 0.29) is 0 Å². The van der Waals surface area contributed by atoms with E-state index in [1.165, 1.54) is 16.5 Å². The first-order valence-corrected chi connectivity index (χ1v) is 5.55. The molecular weight excluding hydrogens is 212 g/mol. The largest absolute Gasteiger partial charge is 0.399 e. The van der Waals surface area contributed by atoms with E-state index in [1.54, 1.807) is 6.33 Å². The molecular formula is C13H14N4. The van der Waals surface area contributed by atoms with Crippen LogP contribution in [-0.2, 0) is 13.5 Å². The van der Waals surface area contributed by atoms with Gasteiger partial charge in [0.15, 0.2) is 0 Å². The molecule has 0 saturated carbocycles. The summed E-state index contributed by atoms with van der Waals surface area (Å²) in [7, 11) is 2.05. The molecule has 3 rings (SSSR count). The summed E-state index contributed by atoms with van der Waals surface area (Å²) in [6, 6.07) is 6.02. The number of nitrogen functional groups attached to an aromatic ring is 1. The minimum absolute atomic E-state index is 0.801. The van der Waals surface area contributed by atoms with E-state index in [1.807, 2.05) is 18.3 Å². The van der Waals surface area contributed by atoms with Gasteiger partial charge < -0.3 is 15.3 Å². The van der Waals surface area contributed by atoms with E-state index < -0.39 is 0 Å². The van der Waals surface area contributed by atoms with Crippen LogP contribution < -0.4 is 5.73 Å². The number of rotatable bonds is 2. The molecule has 2 heterocycles. The Balaban J connectivity index is 2.13. The predicted molar refractivity (Wildman–Crippen MR) is 68.7 cm³/mol. The molecule has 0 aliphatic heterocycles. The highest BCUT2D eigenvalue weighted by molar-refractivity contribution is 5.87. The van der Waals surface area contributed by atoms with Crippen molar-refractivity contribution in [2.24, 2.45) is 7.05 Å². The molecule has 2 aromatic heterocycles. The molecule has 0 aliphatic carbocycles. The van der Waals surface area contributed by atoms with Gasteiger partial charge in [0, 0.05) is 48.1 Å². The first-order chi connectivity index (χ1) is 8.24. The molecule has 17 heavy (non-hydrogen) atoms. The van der Waals surface area contributed by atoms with Crippen molar-refractivity contribution in [3.63, 3.8) is 0 Å². The lowest BCUT2D eigenvalue weighted by Gasteiger charge is -1.98. The maximum absolute atomic E-state index is 5.85. The summed E-state index contributed by atoms with van der Waals surface area (Å²) < 4.78 is 2.13. The number of anilines is 1. The number of hydrogen-bond acceptors (Lipinski definition) is 2. The molecule has 0 spiro atoms. The topological polar surface area (TPSA) is 59.6 Å². The van der Waals surface area contributed by atoms with E-state index in [4.69, 9.17) is 5.73 Å². The fraction of sp³-hybridized carbons (Fsp3) is 0.154. The van der Waals surface area contributed by atoms with Crippen LogP contribution >= 0.6 is 0 Å². The van der Waals surface area contributed by atoms with Crippen LogP contribution in [0.25, 0.3) is 10.9 Å².